The fraction of sp³-hybridized carbons (Fsp3) is 0.333. The van der Waals surface area contributed by atoms with Gasteiger partial charge in [0, 0.05) is 25.0 Å². The van der Waals surface area contributed by atoms with Crippen LogP contribution in [-0.4, -0.2) is 11.5 Å². The van der Waals surface area contributed by atoms with Crippen molar-refractivity contribution in [1.82, 2.24) is 4.98 Å². The number of H-pyrrole nitrogens is 1. The molecule has 1 rings (SSSR count). The fourth-order valence-electron chi connectivity index (χ4n) is 0.704. The van der Waals surface area contributed by atoms with Crippen LogP contribution in [0.25, 0.3) is 0 Å². The first-order chi connectivity index (χ1) is 4.34. The molecule has 0 fully saturated rings. The molecule has 0 aliphatic rings. The molecule has 3 heteroatoms. The highest BCUT2D eigenvalue weighted by Gasteiger charge is 2.00. The molecule has 1 heterocycles. The van der Waals surface area contributed by atoms with Gasteiger partial charge in [-0.1, -0.05) is 0 Å². The highest BCUT2D eigenvalue weighted by Crippen LogP contribution is 2.05. The molecular formula is C6H11N3. The van der Waals surface area contributed by atoms with E-state index >= 15 is 0 Å². The molecule has 0 amide bonds. The number of hydrogen-bond donors (Lipinski definition) is 3. The van der Waals surface area contributed by atoms with Gasteiger partial charge in [-0.15, -0.1) is 0 Å². The van der Waals surface area contributed by atoms with E-state index in [4.69, 9.17) is 11.5 Å². The lowest BCUT2D eigenvalue weighted by molar-refractivity contribution is 0.738. The predicted octanol–water partition coefficient (Wildman–Crippen LogP) is -0.0268. The summed E-state index contributed by atoms with van der Waals surface area (Å²) in [6, 6.07) is 1.91. The molecule has 1 aromatic heterocycles. The third kappa shape index (κ3) is 1.31. The average molecular weight is 125 g/mol. The largest absolute Gasteiger partial charge is 0.367 e. The number of rotatable bonds is 2. The van der Waals surface area contributed by atoms with Crippen LogP contribution in [0.2, 0.25) is 0 Å². The van der Waals surface area contributed by atoms with E-state index in [1.807, 2.05) is 18.5 Å². The molecule has 1 atom stereocenters. The van der Waals surface area contributed by atoms with E-state index in [1.165, 1.54) is 0 Å². The van der Waals surface area contributed by atoms with Crippen LogP contribution < -0.4 is 11.5 Å². The zero-order chi connectivity index (χ0) is 6.69. The van der Waals surface area contributed by atoms with Gasteiger partial charge in [-0.2, -0.15) is 0 Å². The lowest BCUT2D eigenvalue weighted by Gasteiger charge is -2.03. The Labute approximate surface area is 54.1 Å². The van der Waals surface area contributed by atoms with E-state index in [-0.39, 0.29) is 6.04 Å². The van der Waals surface area contributed by atoms with E-state index in [0.29, 0.717) is 6.54 Å². The molecule has 0 bridgehead atoms. The first-order valence-electron chi connectivity index (χ1n) is 2.93. The van der Waals surface area contributed by atoms with Crippen LogP contribution in [0.5, 0.6) is 0 Å². The summed E-state index contributed by atoms with van der Waals surface area (Å²) in [6.07, 6.45) is 3.70. The smallest absolute Gasteiger partial charge is 0.0434 e. The molecule has 0 spiro atoms. The van der Waals surface area contributed by atoms with Crippen molar-refractivity contribution in [2.45, 2.75) is 6.04 Å². The van der Waals surface area contributed by atoms with E-state index in [2.05, 4.69) is 4.98 Å². The quantitative estimate of drug-likeness (QED) is 0.519. The molecule has 0 saturated heterocycles. The summed E-state index contributed by atoms with van der Waals surface area (Å²) in [5, 5.41) is 0. The molecule has 1 aromatic rings. The molecule has 0 aliphatic carbocycles. The van der Waals surface area contributed by atoms with Gasteiger partial charge in [-0.25, -0.2) is 0 Å². The van der Waals surface area contributed by atoms with Crippen LogP contribution in [0.15, 0.2) is 18.5 Å². The molecule has 0 aliphatic heterocycles. The van der Waals surface area contributed by atoms with Gasteiger partial charge in [-0.3, -0.25) is 0 Å². The Morgan fingerprint density at radius 3 is 2.89 bits per heavy atom. The van der Waals surface area contributed by atoms with Crippen molar-refractivity contribution in [2.24, 2.45) is 11.5 Å². The molecule has 0 radical (unpaired) electrons. The summed E-state index contributed by atoms with van der Waals surface area (Å²) in [7, 11) is 0. The van der Waals surface area contributed by atoms with Crippen LogP contribution in [0.3, 0.4) is 0 Å². The Kier molecular flexibility index (Phi) is 1.87. The van der Waals surface area contributed by atoms with Crippen molar-refractivity contribution in [3.8, 4) is 0 Å². The van der Waals surface area contributed by atoms with Gasteiger partial charge in [0.1, 0.15) is 0 Å². The fourth-order valence-corrected chi connectivity index (χ4v) is 0.704. The highest BCUT2D eigenvalue weighted by molar-refractivity contribution is 5.13. The van der Waals surface area contributed by atoms with Crippen molar-refractivity contribution in [3.05, 3.63) is 24.0 Å². The summed E-state index contributed by atoms with van der Waals surface area (Å²) >= 11 is 0. The number of hydrogen-bond acceptors (Lipinski definition) is 2. The summed E-state index contributed by atoms with van der Waals surface area (Å²) in [5.74, 6) is 0. The zero-order valence-corrected chi connectivity index (χ0v) is 5.17. The lowest BCUT2D eigenvalue weighted by Crippen LogP contribution is -2.19. The topological polar surface area (TPSA) is 67.8 Å². The van der Waals surface area contributed by atoms with Gasteiger partial charge in [-0.05, 0) is 11.6 Å². The Balaban J connectivity index is 2.65. The van der Waals surface area contributed by atoms with Gasteiger partial charge in [0.15, 0.2) is 0 Å². The Morgan fingerprint density at radius 2 is 2.44 bits per heavy atom. The van der Waals surface area contributed by atoms with Crippen molar-refractivity contribution in [2.75, 3.05) is 6.54 Å². The SMILES string of the molecule is NC[C@H](N)c1cc[nH]c1. The van der Waals surface area contributed by atoms with Crippen LogP contribution >= 0.6 is 0 Å². The van der Waals surface area contributed by atoms with Crippen molar-refractivity contribution in [3.63, 3.8) is 0 Å². The Morgan fingerprint density at radius 1 is 1.67 bits per heavy atom. The summed E-state index contributed by atoms with van der Waals surface area (Å²) in [4.78, 5) is 2.91. The maximum Gasteiger partial charge on any atom is 0.0434 e. The normalized spacial score (nSPS) is 13.6. The zero-order valence-electron chi connectivity index (χ0n) is 5.17. The van der Waals surface area contributed by atoms with Crippen molar-refractivity contribution < 1.29 is 0 Å². The number of aromatic amines is 1. The van der Waals surface area contributed by atoms with Crippen LogP contribution in [-0.2, 0) is 0 Å². The van der Waals surface area contributed by atoms with E-state index < -0.39 is 0 Å². The summed E-state index contributed by atoms with van der Waals surface area (Å²) in [6.45, 7) is 0.498. The van der Waals surface area contributed by atoms with E-state index in [1.54, 1.807) is 0 Å². The minimum absolute atomic E-state index is 0.0174. The minimum Gasteiger partial charge on any atom is -0.367 e. The maximum atomic E-state index is 5.59. The van der Waals surface area contributed by atoms with Crippen LogP contribution in [0.4, 0.5) is 0 Å². The monoisotopic (exact) mass is 125 g/mol. The third-order valence-electron chi connectivity index (χ3n) is 1.30. The molecule has 0 aromatic carbocycles. The second-order valence-corrected chi connectivity index (χ2v) is 1.99. The van der Waals surface area contributed by atoms with Gasteiger partial charge in [0.05, 0.1) is 0 Å². The van der Waals surface area contributed by atoms with Crippen molar-refractivity contribution in [1.29, 1.82) is 0 Å². The first kappa shape index (κ1) is 6.32. The molecule has 3 nitrogen and oxygen atoms in total. The minimum atomic E-state index is -0.0174. The van der Waals surface area contributed by atoms with E-state index in [9.17, 15) is 0 Å². The van der Waals surface area contributed by atoms with Gasteiger partial charge in [0.2, 0.25) is 0 Å². The second kappa shape index (κ2) is 2.66. The van der Waals surface area contributed by atoms with Crippen LogP contribution in [0, 0.1) is 0 Å². The molecule has 5 N–H and O–H groups in total. The van der Waals surface area contributed by atoms with Crippen molar-refractivity contribution >= 4 is 0 Å². The third-order valence-corrected chi connectivity index (χ3v) is 1.30. The van der Waals surface area contributed by atoms with Gasteiger partial charge in [0.25, 0.3) is 0 Å². The molecule has 9 heavy (non-hydrogen) atoms. The molecule has 50 valence electrons. The highest BCUT2D eigenvalue weighted by atomic mass is 14.7. The number of nitrogens with one attached hydrogen (secondary N) is 1. The summed E-state index contributed by atoms with van der Waals surface area (Å²) in [5.41, 5.74) is 12.0. The standard InChI is InChI=1S/C6H11N3/c7-3-6(8)5-1-2-9-4-5/h1-2,4,6,9H,3,7-8H2/t6-/m0/s1. The Bertz CT molecular complexity index is 157. The van der Waals surface area contributed by atoms with Crippen LogP contribution in [0.1, 0.15) is 11.6 Å². The predicted molar refractivity (Wildman–Crippen MR) is 36.8 cm³/mol. The van der Waals surface area contributed by atoms with E-state index in [0.717, 1.165) is 5.56 Å². The molecule has 0 saturated carbocycles. The molecular weight excluding hydrogens is 114 g/mol. The van der Waals surface area contributed by atoms with Gasteiger partial charge >= 0.3 is 0 Å². The Hall–Kier alpha value is -0.800. The first-order valence-corrected chi connectivity index (χ1v) is 2.93. The lowest BCUT2D eigenvalue weighted by atomic mass is 10.2. The second-order valence-electron chi connectivity index (χ2n) is 1.99. The average Bonchev–Trinajstić information content (AvgIpc) is 2.37. The molecule has 0 unspecified atom stereocenters. The maximum absolute atomic E-state index is 5.59. The van der Waals surface area contributed by atoms with Gasteiger partial charge < -0.3 is 16.5 Å². The number of aromatic nitrogens is 1. The number of nitrogens with two attached hydrogens (primary N) is 2. The summed E-state index contributed by atoms with van der Waals surface area (Å²) < 4.78 is 0.